The number of para-hydroxylation sites is 1. The van der Waals surface area contributed by atoms with Crippen LogP contribution < -0.4 is 4.90 Å². The molecule has 2 aromatic carbocycles. The number of halogens is 1. The molecule has 102 valence electrons. The minimum Gasteiger partial charge on any atom is -0.323 e. The monoisotopic (exact) mass is 330 g/mol. The fourth-order valence-corrected chi connectivity index (χ4v) is 2.96. The molecule has 0 aliphatic carbocycles. The van der Waals surface area contributed by atoms with E-state index in [1.165, 1.54) is 5.56 Å². The molecule has 0 aromatic heterocycles. The smallest absolute Gasteiger partial charge is 0.323 e. The predicted molar refractivity (Wildman–Crippen MR) is 83.6 cm³/mol. The van der Waals surface area contributed by atoms with Gasteiger partial charge in [0.25, 0.3) is 0 Å². The maximum absolute atomic E-state index is 12.4. The zero-order valence-electron chi connectivity index (χ0n) is 11.2. The summed E-state index contributed by atoms with van der Waals surface area (Å²) in [5.74, 6) is 0. The number of carbonyl (C=O) groups excluding carboxylic acids is 1. The van der Waals surface area contributed by atoms with E-state index in [1.54, 1.807) is 4.90 Å². The van der Waals surface area contributed by atoms with E-state index >= 15 is 0 Å². The van der Waals surface area contributed by atoms with Crippen LogP contribution in [0.15, 0.2) is 53.0 Å². The van der Waals surface area contributed by atoms with Crippen molar-refractivity contribution in [2.24, 2.45) is 0 Å². The molecule has 3 rings (SSSR count). The van der Waals surface area contributed by atoms with Gasteiger partial charge in [0.05, 0.1) is 12.2 Å². The molecule has 0 atom stereocenters. The Hall–Kier alpha value is -1.81. The van der Waals surface area contributed by atoms with Crippen molar-refractivity contribution < 1.29 is 4.79 Å². The topological polar surface area (TPSA) is 23.6 Å². The van der Waals surface area contributed by atoms with Crippen LogP contribution in [-0.2, 0) is 13.1 Å². The van der Waals surface area contributed by atoms with E-state index in [4.69, 9.17) is 0 Å². The molecule has 1 heterocycles. The highest BCUT2D eigenvalue weighted by Crippen LogP contribution is 2.29. The van der Waals surface area contributed by atoms with Crippen LogP contribution in [0.5, 0.6) is 0 Å². The Bertz CT molecular complexity index is 656. The molecule has 0 unspecified atom stereocenters. The normalized spacial score (nSPS) is 14.4. The van der Waals surface area contributed by atoms with E-state index < -0.39 is 0 Å². The van der Waals surface area contributed by atoms with Crippen LogP contribution in [0.4, 0.5) is 10.5 Å². The maximum Gasteiger partial charge on any atom is 0.324 e. The molecule has 0 fully saturated rings. The van der Waals surface area contributed by atoms with Gasteiger partial charge >= 0.3 is 6.03 Å². The number of hydrogen-bond acceptors (Lipinski definition) is 1. The minimum atomic E-state index is 0.0451. The lowest BCUT2D eigenvalue weighted by atomic mass is 10.1. The molecule has 1 aliphatic rings. The van der Waals surface area contributed by atoms with Gasteiger partial charge < -0.3 is 4.90 Å². The second-order valence-electron chi connectivity index (χ2n) is 4.98. The predicted octanol–water partition coefficient (Wildman–Crippen LogP) is 4.02. The van der Waals surface area contributed by atoms with Gasteiger partial charge in [0.15, 0.2) is 0 Å². The molecule has 2 amide bonds. The van der Waals surface area contributed by atoms with Gasteiger partial charge in [0, 0.05) is 18.1 Å². The van der Waals surface area contributed by atoms with Gasteiger partial charge in [-0.1, -0.05) is 46.3 Å². The molecular formula is C16H15BrN2O. The lowest BCUT2D eigenvalue weighted by Crippen LogP contribution is -2.44. The summed E-state index contributed by atoms with van der Waals surface area (Å²) in [6, 6.07) is 16.2. The summed E-state index contributed by atoms with van der Waals surface area (Å²) in [5, 5.41) is 0. The zero-order valence-corrected chi connectivity index (χ0v) is 12.8. The largest absolute Gasteiger partial charge is 0.324 e. The summed E-state index contributed by atoms with van der Waals surface area (Å²) in [5.41, 5.74) is 3.30. The molecule has 4 heteroatoms. The highest BCUT2D eigenvalue weighted by atomic mass is 79.9. The molecule has 0 saturated heterocycles. The number of hydrogen-bond donors (Lipinski definition) is 0. The number of fused-ring (bicyclic) bond motifs is 1. The van der Waals surface area contributed by atoms with Crippen molar-refractivity contribution in [1.29, 1.82) is 0 Å². The van der Waals surface area contributed by atoms with Crippen LogP contribution in [0.1, 0.15) is 11.1 Å². The van der Waals surface area contributed by atoms with Gasteiger partial charge in [-0.3, -0.25) is 4.90 Å². The van der Waals surface area contributed by atoms with Crippen LogP contribution >= 0.6 is 15.9 Å². The fraction of sp³-hybridized carbons (Fsp3) is 0.188. The summed E-state index contributed by atoms with van der Waals surface area (Å²) in [7, 11) is 1.84. The molecule has 0 saturated carbocycles. The molecule has 1 aliphatic heterocycles. The fourth-order valence-electron chi connectivity index (χ4n) is 2.51. The first-order valence-corrected chi connectivity index (χ1v) is 7.29. The number of benzene rings is 2. The van der Waals surface area contributed by atoms with Crippen molar-refractivity contribution in [3.05, 3.63) is 64.1 Å². The number of amides is 2. The molecule has 3 nitrogen and oxygen atoms in total. The highest BCUT2D eigenvalue weighted by Gasteiger charge is 2.27. The van der Waals surface area contributed by atoms with Gasteiger partial charge in [-0.05, 0) is 29.3 Å². The second-order valence-corrected chi connectivity index (χ2v) is 5.90. The number of urea groups is 1. The van der Waals surface area contributed by atoms with Crippen LogP contribution in [0.2, 0.25) is 0 Å². The van der Waals surface area contributed by atoms with Crippen LogP contribution in [0.3, 0.4) is 0 Å². The summed E-state index contributed by atoms with van der Waals surface area (Å²) in [6.07, 6.45) is 0. The third kappa shape index (κ3) is 2.43. The number of anilines is 1. The van der Waals surface area contributed by atoms with E-state index in [0.29, 0.717) is 13.1 Å². The molecule has 0 spiro atoms. The summed E-state index contributed by atoms with van der Waals surface area (Å²) >= 11 is 3.47. The number of carbonyl (C=O) groups is 1. The Morgan fingerprint density at radius 1 is 1.15 bits per heavy atom. The van der Waals surface area contributed by atoms with Gasteiger partial charge in [0.1, 0.15) is 0 Å². The Kier molecular flexibility index (Phi) is 3.49. The highest BCUT2D eigenvalue weighted by molar-refractivity contribution is 9.10. The van der Waals surface area contributed by atoms with Gasteiger partial charge in [-0.25, -0.2) is 4.79 Å². The van der Waals surface area contributed by atoms with E-state index in [9.17, 15) is 4.79 Å². The van der Waals surface area contributed by atoms with Crippen LogP contribution in [0.25, 0.3) is 0 Å². The van der Waals surface area contributed by atoms with Crippen molar-refractivity contribution in [2.75, 3.05) is 11.9 Å². The van der Waals surface area contributed by atoms with Crippen LogP contribution in [-0.4, -0.2) is 18.0 Å². The quantitative estimate of drug-likeness (QED) is 0.815. The Labute approximate surface area is 126 Å². The Morgan fingerprint density at radius 2 is 1.95 bits per heavy atom. The van der Waals surface area contributed by atoms with Gasteiger partial charge in [0.2, 0.25) is 0 Å². The standard InChI is InChI=1S/C16H15BrN2O/c1-18-11-13-6-2-3-8-15(13)19(16(18)20)10-12-5-4-7-14(17)9-12/h2-9H,10-11H2,1H3. The van der Waals surface area contributed by atoms with Crippen LogP contribution in [0, 0.1) is 0 Å². The van der Waals surface area contributed by atoms with Crippen molar-refractivity contribution >= 4 is 27.6 Å². The van der Waals surface area contributed by atoms with Crippen molar-refractivity contribution in [3.8, 4) is 0 Å². The number of nitrogens with zero attached hydrogens (tertiary/aromatic N) is 2. The SMILES string of the molecule is CN1Cc2ccccc2N(Cc2cccc(Br)c2)C1=O. The summed E-state index contributed by atoms with van der Waals surface area (Å²) in [6.45, 7) is 1.25. The van der Waals surface area contributed by atoms with Gasteiger partial charge in [-0.2, -0.15) is 0 Å². The minimum absolute atomic E-state index is 0.0451. The van der Waals surface area contributed by atoms with Gasteiger partial charge in [-0.15, -0.1) is 0 Å². The average Bonchev–Trinajstić information content (AvgIpc) is 2.44. The van der Waals surface area contributed by atoms with Crippen molar-refractivity contribution in [3.63, 3.8) is 0 Å². The lowest BCUT2D eigenvalue weighted by Gasteiger charge is -2.35. The molecule has 0 radical (unpaired) electrons. The van der Waals surface area contributed by atoms with Crippen molar-refractivity contribution in [1.82, 2.24) is 4.90 Å². The summed E-state index contributed by atoms with van der Waals surface area (Å²) in [4.78, 5) is 16.0. The lowest BCUT2D eigenvalue weighted by molar-refractivity contribution is 0.210. The first-order chi connectivity index (χ1) is 9.65. The molecule has 0 bridgehead atoms. The van der Waals surface area contributed by atoms with E-state index in [2.05, 4.69) is 22.0 Å². The first-order valence-electron chi connectivity index (χ1n) is 6.50. The number of rotatable bonds is 2. The van der Waals surface area contributed by atoms with E-state index in [-0.39, 0.29) is 6.03 Å². The molecule has 20 heavy (non-hydrogen) atoms. The molecular weight excluding hydrogens is 316 g/mol. The third-order valence-electron chi connectivity index (χ3n) is 3.48. The Balaban J connectivity index is 1.97. The average molecular weight is 331 g/mol. The van der Waals surface area contributed by atoms with Crippen molar-refractivity contribution in [2.45, 2.75) is 13.1 Å². The summed E-state index contributed by atoms with van der Waals surface area (Å²) < 4.78 is 1.03. The third-order valence-corrected chi connectivity index (χ3v) is 3.97. The Morgan fingerprint density at radius 3 is 2.75 bits per heavy atom. The molecule has 0 N–H and O–H groups in total. The van der Waals surface area contributed by atoms with E-state index in [1.807, 2.05) is 54.4 Å². The first kappa shape index (κ1) is 13.2. The van der Waals surface area contributed by atoms with E-state index in [0.717, 1.165) is 15.7 Å². The second kappa shape index (κ2) is 5.29. The molecule has 2 aromatic rings. The zero-order chi connectivity index (χ0) is 14.1. The maximum atomic E-state index is 12.4.